The van der Waals surface area contributed by atoms with Crippen molar-refractivity contribution in [3.05, 3.63) is 0 Å². The van der Waals surface area contributed by atoms with Gasteiger partial charge in [0.2, 0.25) is 0 Å². The molecule has 0 bridgehead atoms. The summed E-state index contributed by atoms with van der Waals surface area (Å²) < 4.78 is 15.4. The number of esters is 1. The first kappa shape index (κ1) is 25.4. The number of nitrogens with zero attached hydrogens (tertiary/aromatic N) is 3. The van der Waals surface area contributed by atoms with Crippen LogP contribution >= 0.6 is 7.60 Å². The number of carbonyl (C=O) groups excluding carboxylic acids is 1. The normalized spacial score (nSPS) is 19.1. The molecule has 0 aromatic carbocycles. The minimum Gasteiger partial charge on any atom is -0.480 e. The minimum atomic E-state index is -4.45. The fourth-order valence-electron chi connectivity index (χ4n) is 2.74. The van der Waals surface area contributed by atoms with E-state index >= 15 is 0 Å². The van der Waals surface area contributed by atoms with Crippen LogP contribution in [0.1, 0.15) is 0 Å². The van der Waals surface area contributed by atoms with Gasteiger partial charge in [0.1, 0.15) is 0 Å². The number of ether oxygens (including phenoxy) is 1. The van der Waals surface area contributed by atoms with Crippen LogP contribution in [0, 0.1) is 0 Å². The lowest BCUT2D eigenvalue weighted by Gasteiger charge is -2.30. The molecule has 1 fully saturated rings. The molecule has 0 amide bonds. The number of nitrogens with one attached hydrogen (secondary N) is 1. The molecule has 0 aromatic heterocycles. The first-order valence-electron chi connectivity index (χ1n) is 9.07. The Balaban J connectivity index is 2.68. The van der Waals surface area contributed by atoms with Crippen molar-refractivity contribution in [2.24, 2.45) is 0 Å². The van der Waals surface area contributed by atoms with Gasteiger partial charge in [-0.1, -0.05) is 0 Å². The third kappa shape index (κ3) is 13.3. The molecule has 0 aliphatic carbocycles. The summed E-state index contributed by atoms with van der Waals surface area (Å²) in [7, 11) is -4.45. The maximum absolute atomic E-state index is 11.8. The molecule has 1 heterocycles. The van der Waals surface area contributed by atoms with Crippen LogP contribution in [-0.4, -0.2) is 131 Å². The van der Waals surface area contributed by atoms with Crippen LogP contribution in [0.5, 0.6) is 0 Å². The summed E-state index contributed by atoms with van der Waals surface area (Å²) in [6.45, 7) is 2.72. The summed E-state index contributed by atoms with van der Waals surface area (Å²) in [6, 6.07) is 0. The molecule has 1 aliphatic rings. The van der Waals surface area contributed by atoms with Gasteiger partial charge in [0.25, 0.3) is 0 Å². The topological polar surface area (TPSA) is 180 Å². The van der Waals surface area contributed by atoms with Crippen molar-refractivity contribution < 1.29 is 43.7 Å². The highest BCUT2D eigenvalue weighted by atomic mass is 31.2. The van der Waals surface area contributed by atoms with E-state index in [4.69, 9.17) is 20.0 Å². The van der Waals surface area contributed by atoms with Gasteiger partial charge in [0.15, 0.2) is 6.35 Å². The first-order chi connectivity index (χ1) is 13.5. The van der Waals surface area contributed by atoms with Gasteiger partial charge < -0.3 is 30.1 Å². The second-order valence-corrected chi connectivity index (χ2v) is 8.26. The summed E-state index contributed by atoms with van der Waals surface area (Å²) in [6.07, 6.45) is -0.984. The number of carboxylic acid groups (broad SMARTS) is 2. The minimum absolute atomic E-state index is 0.139. The quantitative estimate of drug-likeness (QED) is 0.195. The Bertz CT molecular complexity index is 600. The molecule has 1 rings (SSSR count). The average molecular weight is 440 g/mol. The molecule has 0 radical (unpaired) electrons. The predicted molar refractivity (Wildman–Crippen MR) is 100 cm³/mol. The van der Waals surface area contributed by atoms with Crippen LogP contribution < -0.4 is 5.32 Å². The van der Waals surface area contributed by atoms with Crippen LogP contribution in [-0.2, 0) is 23.7 Å². The third-order valence-electron chi connectivity index (χ3n) is 4.14. The number of aliphatic carboxylic acids is 2. The van der Waals surface area contributed by atoms with Gasteiger partial charge in [-0.05, 0) is 0 Å². The zero-order valence-corrected chi connectivity index (χ0v) is 17.0. The Morgan fingerprint density at radius 2 is 1.21 bits per heavy atom. The number of carboxylic acids is 2. The summed E-state index contributed by atoms with van der Waals surface area (Å²) in [5.74, 6) is -2.75. The number of rotatable bonds is 8. The van der Waals surface area contributed by atoms with Crippen LogP contribution in [0.25, 0.3) is 0 Å². The van der Waals surface area contributed by atoms with E-state index in [1.54, 1.807) is 14.7 Å². The molecule has 13 nitrogen and oxygen atoms in total. The Hall–Kier alpha value is -1.60. The fraction of sp³-hybridized carbons (Fsp3) is 0.800. The van der Waals surface area contributed by atoms with E-state index in [0.717, 1.165) is 0 Å². The lowest BCUT2D eigenvalue weighted by atomic mass is 10.3. The van der Waals surface area contributed by atoms with Crippen molar-refractivity contribution in [1.82, 2.24) is 20.0 Å². The highest BCUT2D eigenvalue weighted by molar-refractivity contribution is 7.51. The SMILES string of the molecule is O=C(O)CN1CCNCCN(CC(=O)OCP(=O)(O)O)CCN(CC(=O)O)CC1. The monoisotopic (exact) mass is 440 g/mol. The van der Waals surface area contributed by atoms with E-state index < -0.39 is 31.9 Å². The van der Waals surface area contributed by atoms with Gasteiger partial charge >= 0.3 is 25.5 Å². The maximum atomic E-state index is 11.8. The lowest BCUT2D eigenvalue weighted by molar-refractivity contribution is -0.144. The summed E-state index contributed by atoms with van der Waals surface area (Å²) in [4.78, 5) is 56.6. The Morgan fingerprint density at radius 3 is 1.62 bits per heavy atom. The molecule has 168 valence electrons. The Morgan fingerprint density at radius 1 is 0.793 bits per heavy atom. The van der Waals surface area contributed by atoms with Gasteiger partial charge in [-0.15, -0.1) is 0 Å². The number of carbonyl (C=O) groups is 3. The smallest absolute Gasteiger partial charge is 0.362 e. The van der Waals surface area contributed by atoms with Crippen molar-refractivity contribution in [2.45, 2.75) is 0 Å². The molecule has 1 aliphatic heterocycles. The molecular weight excluding hydrogens is 411 g/mol. The largest absolute Gasteiger partial charge is 0.480 e. The highest BCUT2D eigenvalue weighted by Gasteiger charge is 2.20. The molecule has 1 saturated heterocycles. The molecule has 0 spiro atoms. The second-order valence-electron chi connectivity index (χ2n) is 6.68. The molecule has 0 saturated carbocycles. The number of hydrogen-bond acceptors (Lipinski definition) is 9. The average Bonchev–Trinajstić information content (AvgIpc) is 2.58. The fourth-order valence-corrected chi connectivity index (χ4v) is 3.05. The Kier molecular flexibility index (Phi) is 11.3. The van der Waals surface area contributed by atoms with Crippen LogP contribution in [0.3, 0.4) is 0 Å². The van der Waals surface area contributed by atoms with E-state index in [1.165, 1.54) is 0 Å². The van der Waals surface area contributed by atoms with E-state index in [-0.39, 0.29) is 19.6 Å². The van der Waals surface area contributed by atoms with Gasteiger partial charge in [0.05, 0.1) is 19.6 Å². The van der Waals surface area contributed by atoms with E-state index in [0.29, 0.717) is 52.4 Å². The molecule has 0 atom stereocenters. The maximum Gasteiger partial charge on any atom is 0.362 e. The van der Waals surface area contributed by atoms with Crippen LogP contribution in [0.4, 0.5) is 0 Å². The van der Waals surface area contributed by atoms with Gasteiger partial charge in [-0.2, -0.15) is 0 Å². The van der Waals surface area contributed by atoms with Gasteiger partial charge in [-0.3, -0.25) is 33.6 Å². The zero-order chi connectivity index (χ0) is 21.9. The summed E-state index contributed by atoms with van der Waals surface area (Å²) in [5.41, 5.74) is 0. The molecule has 0 aromatic rings. The highest BCUT2D eigenvalue weighted by Crippen LogP contribution is 2.33. The Labute approximate surface area is 168 Å². The second kappa shape index (κ2) is 12.9. The summed E-state index contributed by atoms with van der Waals surface area (Å²) in [5, 5.41) is 21.3. The number of hydrogen-bond donors (Lipinski definition) is 5. The molecule has 14 heteroatoms. The van der Waals surface area contributed by atoms with Crippen molar-refractivity contribution in [2.75, 3.05) is 78.3 Å². The van der Waals surface area contributed by atoms with E-state index in [1.807, 2.05) is 0 Å². The van der Waals surface area contributed by atoms with Crippen molar-refractivity contribution in [3.63, 3.8) is 0 Å². The molecule has 0 unspecified atom stereocenters. The first-order valence-corrected chi connectivity index (χ1v) is 10.9. The zero-order valence-electron chi connectivity index (χ0n) is 16.1. The summed E-state index contributed by atoms with van der Waals surface area (Å²) >= 11 is 0. The molecular formula is C15H29N4O9P. The van der Waals surface area contributed by atoms with Crippen LogP contribution in [0.2, 0.25) is 0 Å². The van der Waals surface area contributed by atoms with Gasteiger partial charge in [0, 0.05) is 52.4 Å². The molecule has 5 N–H and O–H groups in total. The van der Waals surface area contributed by atoms with Crippen molar-refractivity contribution in [3.8, 4) is 0 Å². The predicted octanol–water partition coefficient (Wildman–Crippen LogP) is -2.66. The molecule has 29 heavy (non-hydrogen) atoms. The van der Waals surface area contributed by atoms with E-state index in [2.05, 4.69) is 10.1 Å². The van der Waals surface area contributed by atoms with Crippen molar-refractivity contribution >= 4 is 25.5 Å². The third-order valence-corrected chi connectivity index (χ3v) is 4.60. The van der Waals surface area contributed by atoms with E-state index in [9.17, 15) is 18.9 Å². The van der Waals surface area contributed by atoms with Crippen molar-refractivity contribution in [1.29, 1.82) is 0 Å². The van der Waals surface area contributed by atoms with Gasteiger partial charge in [-0.25, -0.2) is 0 Å². The lowest BCUT2D eigenvalue weighted by Crippen LogP contribution is -2.47. The standard InChI is InChI=1S/C15H29N4O9P/c20-13(21)9-17-3-1-16-2-4-18(11-15(24)28-12-29(25,26)27)6-8-19(7-5-17)10-14(22)23/h16H,1-12H2,(H,20,21)(H,22,23)(H2,25,26,27). The van der Waals surface area contributed by atoms with Crippen LogP contribution in [0.15, 0.2) is 0 Å².